The topological polar surface area (TPSA) is 336 Å². The number of hydrogen-bond donors (Lipinski definition) is 5. The smallest absolute Gasteiger partial charge is 0.466 e. The summed E-state index contributed by atoms with van der Waals surface area (Å²) in [5, 5.41) is 21.1. The van der Waals surface area contributed by atoms with Gasteiger partial charge in [-0.2, -0.15) is 4.31 Å². The summed E-state index contributed by atoms with van der Waals surface area (Å²) < 4.78 is 72.8. The van der Waals surface area contributed by atoms with E-state index in [1.54, 1.807) is 0 Å². The van der Waals surface area contributed by atoms with E-state index in [2.05, 4.69) is 19.3 Å². The lowest BCUT2D eigenvalue weighted by atomic mass is 9.96. The molecular formula is C25H35N5O19P2. The van der Waals surface area contributed by atoms with Gasteiger partial charge in [-0.1, -0.05) is 0 Å². The fourth-order valence-corrected chi connectivity index (χ4v) is 7.27. The lowest BCUT2D eigenvalue weighted by molar-refractivity contribution is -0.287. The van der Waals surface area contributed by atoms with Gasteiger partial charge in [0, 0.05) is 34.1 Å². The molecule has 2 aliphatic rings. The standard InChI is InChI=1S/C25H35N5O19P2/c1-10(31)41-6-5-14-19(43-11(2)32)20(44-12(3)33)21(45-13(4)34)25(47-14)48-51(39,40)49-50(37,38)42-7-15-17(35)18(36)24(46-15)30-9-29-16-22(26)27-8-28-23(16)30/h8-9,14-15,17-21,24-25,35-36H,5-7H2,1-4H3,(H,37,38)(H,39,40)(H2,26,27,28). The summed E-state index contributed by atoms with van der Waals surface area (Å²) in [6.45, 7) is 2.57. The second-order valence-electron chi connectivity index (χ2n) is 10.9. The fraction of sp³-hybridized carbons (Fsp3) is 0.640. The van der Waals surface area contributed by atoms with E-state index < -0.39 is 101 Å². The number of hydrogen-bond acceptors (Lipinski definition) is 21. The van der Waals surface area contributed by atoms with Crippen LogP contribution in [0.1, 0.15) is 40.3 Å². The number of aliphatic hydroxyl groups excluding tert-OH is 2. The van der Waals surface area contributed by atoms with Crippen LogP contribution in [0.4, 0.5) is 5.82 Å². The first-order valence-corrected chi connectivity index (χ1v) is 17.7. The second-order valence-corrected chi connectivity index (χ2v) is 13.9. The Morgan fingerprint density at radius 3 is 2.10 bits per heavy atom. The third kappa shape index (κ3) is 10.2. The van der Waals surface area contributed by atoms with Gasteiger partial charge in [-0.05, 0) is 0 Å². The number of carbonyl (C=O) groups excluding carboxylic acids is 4. The van der Waals surface area contributed by atoms with E-state index in [9.17, 15) is 48.3 Å². The molecule has 26 heteroatoms. The number of fused-ring (bicyclic) bond motifs is 1. The number of rotatable bonds is 14. The van der Waals surface area contributed by atoms with Crippen LogP contribution in [-0.2, 0) is 70.1 Å². The molecule has 11 unspecified atom stereocenters. The summed E-state index contributed by atoms with van der Waals surface area (Å²) in [6, 6.07) is 0. The average molecular weight is 772 g/mol. The van der Waals surface area contributed by atoms with E-state index in [1.807, 2.05) is 0 Å². The Kier molecular flexibility index (Phi) is 12.8. The number of carbonyl (C=O) groups is 4. The molecule has 2 aromatic rings. The Bertz CT molecular complexity index is 1710. The Balaban J connectivity index is 1.49. The molecule has 4 heterocycles. The van der Waals surface area contributed by atoms with Gasteiger partial charge in [0.05, 0.1) is 19.5 Å². The minimum absolute atomic E-state index is 0.0159. The Morgan fingerprint density at radius 1 is 0.843 bits per heavy atom. The highest BCUT2D eigenvalue weighted by molar-refractivity contribution is 7.61. The predicted molar refractivity (Wildman–Crippen MR) is 160 cm³/mol. The molecule has 24 nitrogen and oxygen atoms in total. The van der Waals surface area contributed by atoms with Crippen LogP contribution >= 0.6 is 15.6 Å². The summed E-state index contributed by atoms with van der Waals surface area (Å²) in [7, 11) is -11.4. The monoisotopic (exact) mass is 771 g/mol. The molecule has 0 spiro atoms. The average Bonchev–Trinajstić information content (AvgIpc) is 3.55. The number of aliphatic hydroxyl groups is 2. The number of nitrogens with two attached hydrogens (primary N) is 1. The summed E-state index contributed by atoms with van der Waals surface area (Å²) >= 11 is 0. The van der Waals surface area contributed by atoms with Crippen molar-refractivity contribution in [2.45, 2.75) is 89.4 Å². The summed E-state index contributed by atoms with van der Waals surface area (Å²) in [5.41, 5.74) is 6.04. The van der Waals surface area contributed by atoms with Gasteiger partial charge in [0.15, 0.2) is 36.0 Å². The van der Waals surface area contributed by atoms with Crippen LogP contribution in [0.3, 0.4) is 0 Å². The van der Waals surface area contributed by atoms with Crippen LogP contribution in [0.15, 0.2) is 12.7 Å². The Morgan fingerprint density at radius 2 is 1.47 bits per heavy atom. The van der Waals surface area contributed by atoms with E-state index in [0.29, 0.717) is 0 Å². The predicted octanol–water partition coefficient (Wildman–Crippen LogP) is -1.25. The molecule has 2 aliphatic heterocycles. The van der Waals surface area contributed by atoms with Gasteiger partial charge in [0.25, 0.3) is 0 Å². The summed E-state index contributed by atoms with van der Waals surface area (Å²) in [5.74, 6) is -3.66. The summed E-state index contributed by atoms with van der Waals surface area (Å²) in [4.78, 5) is 79.9. The molecule has 2 saturated heterocycles. The van der Waals surface area contributed by atoms with Crippen molar-refractivity contribution in [2.24, 2.45) is 0 Å². The van der Waals surface area contributed by atoms with Crippen molar-refractivity contribution in [1.82, 2.24) is 19.5 Å². The minimum atomic E-state index is -5.79. The number of nitrogen functional groups attached to an aromatic ring is 1. The van der Waals surface area contributed by atoms with E-state index in [-0.39, 0.29) is 30.0 Å². The Hall–Kier alpha value is -3.67. The van der Waals surface area contributed by atoms with Crippen molar-refractivity contribution in [3.63, 3.8) is 0 Å². The van der Waals surface area contributed by atoms with E-state index in [1.165, 1.54) is 10.9 Å². The number of phosphoric acid groups is 2. The number of nitrogens with zero attached hydrogens (tertiary/aromatic N) is 4. The first-order valence-electron chi connectivity index (χ1n) is 14.7. The third-order valence-electron chi connectivity index (χ3n) is 7.05. The molecule has 0 saturated carbocycles. The van der Waals surface area contributed by atoms with Crippen molar-refractivity contribution >= 4 is 56.5 Å². The largest absolute Gasteiger partial charge is 0.483 e. The molecule has 0 amide bonds. The molecule has 0 radical (unpaired) electrons. The lowest BCUT2D eigenvalue weighted by Crippen LogP contribution is -2.61. The van der Waals surface area contributed by atoms with Crippen LogP contribution in [0.5, 0.6) is 0 Å². The van der Waals surface area contributed by atoms with Gasteiger partial charge in [-0.25, -0.2) is 24.1 Å². The highest BCUT2D eigenvalue weighted by Gasteiger charge is 2.55. The highest BCUT2D eigenvalue weighted by atomic mass is 31.3. The van der Waals surface area contributed by atoms with Crippen molar-refractivity contribution in [1.29, 1.82) is 0 Å². The number of anilines is 1. The maximum atomic E-state index is 13.1. The molecule has 0 bridgehead atoms. The quantitative estimate of drug-likeness (QED) is 0.0851. The second kappa shape index (κ2) is 16.3. The molecule has 4 rings (SSSR count). The molecular weight excluding hydrogens is 736 g/mol. The molecule has 11 atom stereocenters. The molecule has 2 aromatic heterocycles. The normalized spacial score (nSPS) is 30.2. The molecule has 284 valence electrons. The van der Waals surface area contributed by atoms with Gasteiger partial charge >= 0.3 is 39.5 Å². The number of imidazole rings is 1. The molecule has 51 heavy (non-hydrogen) atoms. The van der Waals surface area contributed by atoms with E-state index in [0.717, 1.165) is 34.0 Å². The highest BCUT2D eigenvalue weighted by Crippen LogP contribution is 2.61. The lowest BCUT2D eigenvalue weighted by Gasteiger charge is -2.44. The van der Waals surface area contributed by atoms with Gasteiger partial charge in [-0.3, -0.25) is 32.8 Å². The molecule has 2 fully saturated rings. The van der Waals surface area contributed by atoms with Crippen LogP contribution < -0.4 is 5.73 Å². The van der Waals surface area contributed by atoms with Crippen LogP contribution in [0, 0.1) is 0 Å². The maximum absolute atomic E-state index is 13.1. The SMILES string of the molecule is CC(=O)OCCC1OC(OP(=O)(O)OP(=O)(O)OCC2OC(n3cnc4c(N)ncnc43)C(O)C2O)C(OC(C)=O)C(OC(C)=O)C1OC(C)=O. The first-order chi connectivity index (χ1) is 23.8. The number of phosphoric ester groups is 2. The molecule has 6 N–H and O–H groups in total. The van der Waals surface area contributed by atoms with Gasteiger partial charge < -0.3 is 54.2 Å². The van der Waals surface area contributed by atoms with Crippen molar-refractivity contribution in [3.8, 4) is 0 Å². The van der Waals surface area contributed by atoms with Crippen LogP contribution in [-0.4, -0.2) is 126 Å². The first kappa shape index (κ1) is 40.1. The van der Waals surface area contributed by atoms with Gasteiger partial charge in [0.1, 0.15) is 36.3 Å². The molecule has 0 aliphatic carbocycles. The van der Waals surface area contributed by atoms with Crippen LogP contribution in [0.25, 0.3) is 11.2 Å². The number of aromatic nitrogens is 4. The fourth-order valence-electron chi connectivity index (χ4n) is 5.12. The number of esters is 4. The minimum Gasteiger partial charge on any atom is -0.466 e. The van der Waals surface area contributed by atoms with E-state index >= 15 is 0 Å². The van der Waals surface area contributed by atoms with Crippen molar-refractivity contribution < 1.29 is 90.1 Å². The van der Waals surface area contributed by atoms with Gasteiger partial charge in [0.2, 0.25) is 6.29 Å². The van der Waals surface area contributed by atoms with Crippen molar-refractivity contribution in [3.05, 3.63) is 12.7 Å². The zero-order valence-corrected chi connectivity index (χ0v) is 28.9. The van der Waals surface area contributed by atoms with Crippen molar-refractivity contribution in [2.75, 3.05) is 18.9 Å². The van der Waals surface area contributed by atoms with E-state index in [4.69, 9.17) is 43.2 Å². The number of ether oxygens (including phenoxy) is 6. The molecule has 0 aromatic carbocycles. The van der Waals surface area contributed by atoms with Crippen LogP contribution in [0.2, 0.25) is 0 Å². The zero-order valence-electron chi connectivity index (χ0n) is 27.1. The maximum Gasteiger partial charge on any atom is 0.483 e. The van der Waals surface area contributed by atoms with Gasteiger partial charge in [-0.15, -0.1) is 0 Å². The third-order valence-corrected chi connectivity index (χ3v) is 9.65. The summed E-state index contributed by atoms with van der Waals surface area (Å²) in [6.07, 6.45) is -13.2. The zero-order chi connectivity index (χ0) is 37.8. The Labute approximate surface area is 287 Å².